The SMILES string of the molecule is C[O-].C[O-].C[SiH]C.Cc1[cH-]c(C)c(C)c1C.Cc1[cH-]c(C)c(C)c1C.[Ti+4]. The number of hydrogen-bond acceptors (Lipinski definition) is 2. The van der Waals surface area contributed by atoms with E-state index < -0.39 is 0 Å². The molecule has 0 aliphatic rings. The number of rotatable bonds is 0. The van der Waals surface area contributed by atoms with Crippen LogP contribution < -0.4 is 10.2 Å². The van der Waals surface area contributed by atoms with E-state index in [4.69, 9.17) is 10.2 Å². The fourth-order valence-corrected chi connectivity index (χ4v) is 2.27. The molecule has 0 heterocycles. The zero-order chi connectivity index (χ0) is 20.7. The van der Waals surface area contributed by atoms with Gasteiger partial charge in [0, 0.05) is 9.52 Å². The Labute approximate surface area is 180 Å². The summed E-state index contributed by atoms with van der Waals surface area (Å²) in [5.74, 6) is 0. The maximum Gasteiger partial charge on any atom is 4.00 e. The molecule has 147 valence electrons. The first-order valence-corrected chi connectivity index (χ1v) is 10.9. The maximum atomic E-state index is 8.25. The van der Waals surface area contributed by atoms with Crippen LogP contribution in [0.3, 0.4) is 0 Å². The normalized spacial score (nSPS) is 8.23. The molecule has 1 radical (unpaired) electrons. The van der Waals surface area contributed by atoms with Gasteiger partial charge < -0.3 is 10.2 Å². The first-order valence-electron chi connectivity index (χ1n) is 8.63. The van der Waals surface area contributed by atoms with Crippen molar-refractivity contribution in [3.05, 3.63) is 56.6 Å². The smallest absolute Gasteiger partial charge is 0.857 e. The molecule has 0 saturated heterocycles. The van der Waals surface area contributed by atoms with Crippen LogP contribution in [0.5, 0.6) is 0 Å². The van der Waals surface area contributed by atoms with Crippen LogP contribution in [-0.4, -0.2) is 23.7 Å². The molecule has 0 aliphatic heterocycles. The molecule has 2 aromatic rings. The zero-order valence-corrected chi connectivity index (χ0v) is 21.8. The maximum absolute atomic E-state index is 8.25. The van der Waals surface area contributed by atoms with Crippen LogP contribution in [0.4, 0.5) is 0 Å². The summed E-state index contributed by atoms with van der Waals surface area (Å²) in [5.41, 5.74) is 11.5. The van der Waals surface area contributed by atoms with Crippen LogP contribution in [0.25, 0.3) is 0 Å². The average molecular weight is 412 g/mol. The van der Waals surface area contributed by atoms with Crippen LogP contribution in [0.15, 0.2) is 12.1 Å². The number of hydrogen-bond donors (Lipinski definition) is 0. The summed E-state index contributed by atoms with van der Waals surface area (Å²) in [5, 5.41) is 16.5. The Morgan fingerprint density at radius 1 is 0.500 bits per heavy atom. The van der Waals surface area contributed by atoms with Crippen LogP contribution in [0.2, 0.25) is 13.1 Å². The zero-order valence-electron chi connectivity index (χ0n) is 19.0. The molecule has 26 heavy (non-hydrogen) atoms. The predicted octanol–water partition coefficient (Wildman–Crippen LogP) is 3.75. The molecule has 0 amide bonds. The second-order valence-electron chi connectivity index (χ2n) is 6.10. The largest absolute Gasteiger partial charge is 4.00 e. The molecule has 0 spiro atoms. The van der Waals surface area contributed by atoms with Gasteiger partial charge in [-0.2, -0.15) is 70.9 Å². The van der Waals surface area contributed by atoms with Crippen molar-refractivity contribution in [3.63, 3.8) is 0 Å². The third-order valence-corrected chi connectivity index (χ3v) is 4.36. The molecule has 2 nitrogen and oxygen atoms in total. The van der Waals surface area contributed by atoms with E-state index in [9.17, 15) is 0 Å². The summed E-state index contributed by atoms with van der Waals surface area (Å²) in [7, 11) is 2.25. The van der Waals surface area contributed by atoms with Crippen molar-refractivity contribution >= 4 is 9.52 Å². The van der Waals surface area contributed by atoms with E-state index in [2.05, 4.69) is 80.6 Å². The Balaban J connectivity index is -0.000000135. The van der Waals surface area contributed by atoms with Crippen molar-refractivity contribution in [3.8, 4) is 0 Å². The van der Waals surface area contributed by atoms with Gasteiger partial charge in [-0.1, -0.05) is 68.5 Å². The standard InChI is InChI=1S/2C9H13.C2H7Si.2CH3O.Ti/c2*1-6-5-7(2)9(4)8(6)3;1-3-2;2*1-2;/h2*5H,1-4H3;3H,1-2H3;2*1H3;/q2*-1;;2*-1;+4. The monoisotopic (exact) mass is 411 g/mol. The van der Waals surface area contributed by atoms with Crippen LogP contribution in [-0.2, 0) is 21.7 Å². The van der Waals surface area contributed by atoms with Gasteiger partial charge in [0.1, 0.15) is 0 Å². The fourth-order valence-electron chi connectivity index (χ4n) is 2.27. The summed E-state index contributed by atoms with van der Waals surface area (Å²) >= 11 is 0. The van der Waals surface area contributed by atoms with Crippen molar-refractivity contribution in [2.45, 2.75) is 68.5 Å². The minimum absolute atomic E-state index is 0. The third-order valence-electron chi connectivity index (χ3n) is 4.36. The summed E-state index contributed by atoms with van der Waals surface area (Å²) in [4.78, 5) is 0. The minimum atomic E-state index is 0. The van der Waals surface area contributed by atoms with Gasteiger partial charge in [0.25, 0.3) is 0 Å². The first kappa shape index (κ1) is 33.2. The van der Waals surface area contributed by atoms with Gasteiger partial charge >= 0.3 is 21.7 Å². The van der Waals surface area contributed by atoms with E-state index in [0.717, 1.165) is 23.7 Å². The van der Waals surface area contributed by atoms with Crippen molar-refractivity contribution in [2.75, 3.05) is 14.2 Å². The Kier molecular flexibility index (Phi) is 24.6. The second-order valence-corrected chi connectivity index (χ2v) is 7.25. The Bertz CT molecular complexity index is 474. The molecule has 0 N–H and O–H groups in total. The molecule has 2 rings (SSSR count). The summed E-state index contributed by atoms with van der Waals surface area (Å²) in [6.07, 6.45) is 0. The second kappa shape index (κ2) is 19.3. The molecule has 0 atom stereocenters. The summed E-state index contributed by atoms with van der Waals surface area (Å²) < 4.78 is 0. The van der Waals surface area contributed by atoms with E-state index in [0.29, 0.717) is 0 Å². The van der Waals surface area contributed by atoms with Gasteiger partial charge in [0.2, 0.25) is 0 Å². The van der Waals surface area contributed by atoms with Gasteiger partial charge in [-0.3, -0.25) is 0 Å². The van der Waals surface area contributed by atoms with E-state index in [1.54, 1.807) is 0 Å². The fraction of sp³-hybridized carbons (Fsp3) is 0.545. The summed E-state index contributed by atoms with van der Waals surface area (Å²) in [6, 6.07) is 4.48. The molecule has 0 aromatic heterocycles. The molecule has 0 bridgehead atoms. The Morgan fingerprint density at radius 3 is 0.654 bits per heavy atom. The number of aryl methyl sites for hydroxylation is 4. The molecule has 0 unspecified atom stereocenters. The quantitative estimate of drug-likeness (QED) is 0.490. The predicted molar refractivity (Wildman–Crippen MR) is 113 cm³/mol. The van der Waals surface area contributed by atoms with Gasteiger partial charge in [0.05, 0.1) is 0 Å². The third kappa shape index (κ3) is 12.0. The molecule has 0 saturated carbocycles. The van der Waals surface area contributed by atoms with E-state index in [-0.39, 0.29) is 21.7 Å². The van der Waals surface area contributed by atoms with Crippen LogP contribution in [0.1, 0.15) is 44.5 Å². The summed E-state index contributed by atoms with van der Waals surface area (Å²) in [6.45, 7) is 21.8. The molecule has 4 heteroatoms. The molecular weight excluding hydrogens is 372 g/mol. The van der Waals surface area contributed by atoms with E-state index in [1.165, 1.54) is 44.5 Å². The van der Waals surface area contributed by atoms with Gasteiger partial charge in [-0.15, -0.1) is 0 Å². The molecule has 2 aromatic carbocycles. The van der Waals surface area contributed by atoms with Crippen molar-refractivity contribution in [1.29, 1.82) is 0 Å². The van der Waals surface area contributed by atoms with Crippen LogP contribution in [0, 0.1) is 55.4 Å². The van der Waals surface area contributed by atoms with Crippen LogP contribution >= 0.6 is 0 Å². The van der Waals surface area contributed by atoms with Crippen molar-refractivity contribution in [2.24, 2.45) is 0 Å². The Morgan fingerprint density at radius 2 is 0.615 bits per heavy atom. The van der Waals surface area contributed by atoms with Gasteiger partial charge in [0.15, 0.2) is 0 Å². The van der Waals surface area contributed by atoms with Gasteiger partial charge in [-0.25, -0.2) is 0 Å². The van der Waals surface area contributed by atoms with E-state index >= 15 is 0 Å². The first-order chi connectivity index (χ1) is 11.7. The topological polar surface area (TPSA) is 46.1 Å². The average Bonchev–Trinajstić information content (AvgIpc) is 2.96. The van der Waals surface area contributed by atoms with Crippen molar-refractivity contribution < 1.29 is 31.9 Å². The van der Waals surface area contributed by atoms with E-state index in [1.807, 2.05) is 0 Å². The minimum Gasteiger partial charge on any atom is -0.857 e. The molecule has 0 aliphatic carbocycles. The molecular formula is C22H39O2SiTi. The van der Waals surface area contributed by atoms with Crippen molar-refractivity contribution in [1.82, 2.24) is 0 Å². The Hall–Kier alpha value is -0.449. The molecule has 0 fully saturated rings. The van der Waals surface area contributed by atoms with Gasteiger partial charge in [-0.05, 0) is 0 Å².